The molecule has 1 rings (SSSR count). The maximum absolute atomic E-state index is 9.48. The van der Waals surface area contributed by atoms with E-state index in [1.165, 1.54) is 24.3 Å². The van der Waals surface area contributed by atoms with Crippen LogP contribution in [0.1, 0.15) is 26.7 Å². The van der Waals surface area contributed by atoms with Crippen LogP contribution in [0.3, 0.4) is 0 Å². The second kappa shape index (κ2) is 5.23. The molecule has 0 amide bonds. The molecule has 0 spiro atoms. The van der Waals surface area contributed by atoms with Crippen LogP contribution in [-0.2, 0) is 0 Å². The third-order valence-corrected chi connectivity index (χ3v) is 3.38. The summed E-state index contributed by atoms with van der Waals surface area (Å²) in [6.45, 7) is 5.47. The Labute approximate surface area is 85.5 Å². The second-order valence-electron chi connectivity index (χ2n) is 4.50. The van der Waals surface area contributed by atoms with E-state index in [0.717, 1.165) is 12.5 Å². The van der Waals surface area contributed by atoms with Crippen molar-refractivity contribution >= 4 is 11.8 Å². The number of aliphatic hydroxyl groups is 1. The normalized spacial score (nSPS) is 20.5. The van der Waals surface area contributed by atoms with Gasteiger partial charge in [0.1, 0.15) is 0 Å². The fourth-order valence-corrected chi connectivity index (χ4v) is 2.74. The summed E-state index contributed by atoms with van der Waals surface area (Å²) >= 11 is 2.06. The largest absolute Gasteiger partial charge is 0.389 e. The lowest BCUT2D eigenvalue weighted by Crippen LogP contribution is -2.37. The Morgan fingerprint density at radius 3 is 2.54 bits per heavy atom. The average molecular weight is 203 g/mol. The predicted octanol–water partition coefficient (Wildman–Crippen LogP) is 1.49. The van der Waals surface area contributed by atoms with Crippen molar-refractivity contribution in [3.63, 3.8) is 0 Å². The zero-order chi connectivity index (χ0) is 9.73. The van der Waals surface area contributed by atoms with Crippen molar-refractivity contribution in [1.82, 2.24) is 5.32 Å². The Bertz CT molecular complexity index is 138. The van der Waals surface area contributed by atoms with Gasteiger partial charge in [-0.1, -0.05) is 0 Å². The Morgan fingerprint density at radius 2 is 2.00 bits per heavy atom. The van der Waals surface area contributed by atoms with Crippen molar-refractivity contribution in [3.8, 4) is 0 Å². The Hall–Kier alpha value is 0.270. The molecular weight excluding hydrogens is 182 g/mol. The van der Waals surface area contributed by atoms with Gasteiger partial charge in [-0.05, 0) is 50.7 Å². The van der Waals surface area contributed by atoms with Gasteiger partial charge in [-0.3, -0.25) is 0 Å². The lowest BCUT2D eigenvalue weighted by atomic mass is 10.0. The summed E-state index contributed by atoms with van der Waals surface area (Å²) in [5.74, 6) is 3.47. The van der Waals surface area contributed by atoms with Crippen LogP contribution in [-0.4, -0.2) is 35.3 Å². The maximum atomic E-state index is 9.48. The monoisotopic (exact) mass is 203 g/mol. The van der Waals surface area contributed by atoms with E-state index in [0.29, 0.717) is 6.54 Å². The van der Waals surface area contributed by atoms with Crippen molar-refractivity contribution < 1.29 is 5.11 Å². The molecule has 2 nitrogen and oxygen atoms in total. The molecule has 3 heteroatoms. The van der Waals surface area contributed by atoms with Crippen molar-refractivity contribution in [3.05, 3.63) is 0 Å². The second-order valence-corrected chi connectivity index (χ2v) is 5.72. The first-order valence-corrected chi connectivity index (χ1v) is 6.24. The maximum Gasteiger partial charge on any atom is 0.0715 e. The molecule has 0 aliphatic carbocycles. The van der Waals surface area contributed by atoms with E-state index < -0.39 is 5.60 Å². The van der Waals surface area contributed by atoms with E-state index >= 15 is 0 Å². The van der Waals surface area contributed by atoms with Crippen LogP contribution in [0.5, 0.6) is 0 Å². The highest BCUT2D eigenvalue weighted by atomic mass is 32.2. The lowest BCUT2D eigenvalue weighted by molar-refractivity contribution is 0.0786. The van der Waals surface area contributed by atoms with Gasteiger partial charge in [0, 0.05) is 6.54 Å². The highest BCUT2D eigenvalue weighted by Crippen LogP contribution is 2.21. The van der Waals surface area contributed by atoms with Crippen LogP contribution < -0.4 is 5.32 Å². The van der Waals surface area contributed by atoms with Gasteiger partial charge in [0.05, 0.1) is 5.60 Å². The standard InChI is InChI=1S/C10H21NOS/c1-10(2,12)8-11-7-9-3-5-13-6-4-9/h9,11-12H,3-8H2,1-2H3. The Kier molecular flexibility index (Phi) is 4.56. The highest BCUT2D eigenvalue weighted by molar-refractivity contribution is 7.99. The van der Waals surface area contributed by atoms with E-state index in [-0.39, 0.29) is 0 Å². The highest BCUT2D eigenvalue weighted by Gasteiger charge is 2.15. The minimum absolute atomic E-state index is 0.566. The van der Waals surface area contributed by atoms with Gasteiger partial charge in [-0.2, -0.15) is 11.8 Å². The number of nitrogens with one attached hydrogen (secondary N) is 1. The summed E-state index contributed by atoms with van der Waals surface area (Å²) in [5, 5.41) is 12.8. The minimum Gasteiger partial charge on any atom is -0.389 e. The van der Waals surface area contributed by atoms with E-state index in [1.807, 2.05) is 13.8 Å². The van der Waals surface area contributed by atoms with Gasteiger partial charge in [-0.25, -0.2) is 0 Å². The Morgan fingerprint density at radius 1 is 1.38 bits per heavy atom. The molecule has 1 aliphatic rings. The van der Waals surface area contributed by atoms with Gasteiger partial charge < -0.3 is 10.4 Å². The van der Waals surface area contributed by atoms with Crippen molar-refractivity contribution in [2.24, 2.45) is 5.92 Å². The van der Waals surface area contributed by atoms with Crippen LogP contribution in [0.4, 0.5) is 0 Å². The van der Waals surface area contributed by atoms with E-state index in [9.17, 15) is 5.11 Å². The van der Waals surface area contributed by atoms with E-state index in [4.69, 9.17) is 0 Å². The first kappa shape index (κ1) is 11.3. The molecule has 1 saturated heterocycles. The van der Waals surface area contributed by atoms with Crippen LogP contribution >= 0.6 is 11.8 Å². The minimum atomic E-state index is -0.566. The quantitative estimate of drug-likeness (QED) is 0.726. The molecule has 0 unspecified atom stereocenters. The average Bonchev–Trinajstić information content (AvgIpc) is 2.04. The van der Waals surface area contributed by atoms with E-state index in [1.54, 1.807) is 0 Å². The van der Waals surface area contributed by atoms with Gasteiger partial charge in [0.2, 0.25) is 0 Å². The zero-order valence-electron chi connectivity index (χ0n) is 8.68. The summed E-state index contributed by atoms with van der Waals surface area (Å²) in [7, 11) is 0. The molecule has 2 N–H and O–H groups in total. The summed E-state index contributed by atoms with van der Waals surface area (Å²) in [5.41, 5.74) is -0.566. The summed E-state index contributed by atoms with van der Waals surface area (Å²) in [4.78, 5) is 0. The zero-order valence-corrected chi connectivity index (χ0v) is 9.49. The topological polar surface area (TPSA) is 32.3 Å². The first-order chi connectivity index (χ1) is 6.08. The van der Waals surface area contributed by atoms with Gasteiger partial charge >= 0.3 is 0 Å². The predicted molar refractivity (Wildman–Crippen MR) is 59.2 cm³/mol. The molecule has 0 aromatic rings. The smallest absolute Gasteiger partial charge is 0.0715 e. The molecule has 1 heterocycles. The molecule has 0 saturated carbocycles. The van der Waals surface area contributed by atoms with Crippen LogP contribution in [0.2, 0.25) is 0 Å². The molecule has 0 aromatic carbocycles. The number of rotatable bonds is 4. The fourth-order valence-electron chi connectivity index (χ4n) is 1.53. The van der Waals surface area contributed by atoms with E-state index in [2.05, 4.69) is 17.1 Å². The van der Waals surface area contributed by atoms with Gasteiger partial charge in [0.15, 0.2) is 0 Å². The molecule has 0 atom stereocenters. The Balaban J connectivity index is 2.04. The third-order valence-electron chi connectivity index (χ3n) is 2.33. The SMILES string of the molecule is CC(C)(O)CNCC1CCSCC1. The van der Waals surface area contributed by atoms with Crippen molar-refractivity contribution in [2.75, 3.05) is 24.6 Å². The molecule has 78 valence electrons. The van der Waals surface area contributed by atoms with Crippen LogP contribution in [0.25, 0.3) is 0 Å². The third kappa shape index (κ3) is 5.55. The van der Waals surface area contributed by atoms with Crippen LogP contribution in [0, 0.1) is 5.92 Å². The lowest BCUT2D eigenvalue weighted by Gasteiger charge is -2.24. The molecule has 0 aromatic heterocycles. The van der Waals surface area contributed by atoms with Crippen molar-refractivity contribution in [1.29, 1.82) is 0 Å². The summed E-state index contributed by atoms with van der Waals surface area (Å²) in [6.07, 6.45) is 2.67. The number of hydrogen-bond acceptors (Lipinski definition) is 3. The molecule has 0 bridgehead atoms. The number of hydrogen-bond donors (Lipinski definition) is 2. The summed E-state index contributed by atoms with van der Waals surface area (Å²) in [6, 6.07) is 0. The molecule has 0 radical (unpaired) electrons. The molecular formula is C10H21NOS. The van der Waals surface area contributed by atoms with Gasteiger partial charge in [-0.15, -0.1) is 0 Å². The van der Waals surface area contributed by atoms with Gasteiger partial charge in [0.25, 0.3) is 0 Å². The summed E-state index contributed by atoms with van der Waals surface area (Å²) < 4.78 is 0. The van der Waals surface area contributed by atoms with Crippen LogP contribution in [0.15, 0.2) is 0 Å². The van der Waals surface area contributed by atoms with Crippen molar-refractivity contribution in [2.45, 2.75) is 32.3 Å². The fraction of sp³-hybridized carbons (Fsp3) is 1.00. The number of thioether (sulfide) groups is 1. The first-order valence-electron chi connectivity index (χ1n) is 5.09. The molecule has 13 heavy (non-hydrogen) atoms. The molecule has 1 aliphatic heterocycles. The molecule has 1 fully saturated rings.